The summed E-state index contributed by atoms with van der Waals surface area (Å²) in [5.41, 5.74) is 6.24. The van der Waals surface area contributed by atoms with E-state index in [2.05, 4.69) is 5.10 Å². The predicted octanol–water partition coefficient (Wildman–Crippen LogP) is 1.77. The molecule has 1 unspecified atom stereocenters. The van der Waals surface area contributed by atoms with Gasteiger partial charge in [0, 0.05) is 23.9 Å². The molecule has 21 heavy (non-hydrogen) atoms. The van der Waals surface area contributed by atoms with E-state index in [4.69, 9.17) is 5.73 Å². The van der Waals surface area contributed by atoms with Gasteiger partial charge < -0.3 is 5.73 Å². The van der Waals surface area contributed by atoms with Gasteiger partial charge >= 0.3 is 0 Å². The Hall–Kier alpha value is -2.81. The SMILES string of the molecule is CC(N)c1cnn(Cc2ccc([N+](=O)[O-])cc2[N+](=O)[O-])c1. The van der Waals surface area contributed by atoms with Crippen LogP contribution >= 0.6 is 0 Å². The number of benzene rings is 1. The summed E-state index contributed by atoms with van der Waals surface area (Å²) in [6.45, 7) is 1.94. The molecule has 2 aromatic rings. The lowest BCUT2D eigenvalue weighted by molar-refractivity contribution is -0.394. The summed E-state index contributed by atoms with van der Waals surface area (Å²) in [5.74, 6) is 0. The van der Waals surface area contributed by atoms with Gasteiger partial charge in [-0.1, -0.05) is 0 Å². The van der Waals surface area contributed by atoms with E-state index < -0.39 is 9.85 Å². The first-order valence-corrected chi connectivity index (χ1v) is 6.08. The number of hydrogen-bond acceptors (Lipinski definition) is 6. The Morgan fingerprint density at radius 2 is 2.05 bits per heavy atom. The van der Waals surface area contributed by atoms with Crippen LogP contribution < -0.4 is 5.73 Å². The largest absolute Gasteiger partial charge is 0.324 e. The summed E-state index contributed by atoms with van der Waals surface area (Å²) in [4.78, 5) is 20.4. The topological polar surface area (TPSA) is 130 Å². The van der Waals surface area contributed by atoms with Gasteiger partial charge in [-0.15, -0.1) is 0 Å². The molecule has 1 atom stereocenters. The van der Waals surface area contributed by atoms with Crippen LogP contribution in [0.4, 0.5) is 11.4 Å². The minimum Gasteiger partial charge on any atom is -0.324 e. The molecule has 0 aliphatic carbocycles. The number of nitrogens with two attached hydrogens (primary N) is 1. The van der Waals surface area contributed by atoms with Gasteiger partial charge in [0.05, 0.1) is 34.2 Å². The average molecular weight is 291 g/mol. The predicted molar refractivity (Wildman–Crippen MR) is 73.7 cm³/mol. The van der Waals surface area contributed by atoms with Gasteiger partial charge in [0.25, 0.3) is 11.4 Å². The van der Waals surface area contributed by atoms with Crippen LogP contribution in [-0.4, -0.2) is 19.6 Å². The standard InChI is InChI=1S/C12H13N5O4/c1-8(13)10-5-14-15(7-10)6-9-2-3-11(16(18)19)4-12(9)17(20)21/h2-5,7-8H,6,13H2,1H3. The Morgan fingerprint density at radius 3 is 2.57 bits per heavy atom. The van der Waals surface area contributed by atoms with Gasteiger partial charge in [-0.2, -0.15) is 5.10 Å². The molecule has 0 fully saturated rings. The third-order valence-corrected chi connectivity index (χ3v) is 2.99. The van der Waals surface area contributed by atoms with E-state index in [1.54, 1.807) is 19.3 Å². The van der Waals surface area contributed by atoms with E-state index in [1.165, 1.54) is 16.8 Å². The molecular formula is C12H13N5O4. The molecular weight excluding hydrogens is 278 g/mol. The van der Waals surface area contributed by atoms with Gasteiger partial charge in [0.1, 0.15) is 0 Å². The van der Waals surface area contributed by atoms with Gasteiger partial charge in [-0.25, -0.2) is 0 Å². The molecule has 0 bridgehead atoms. The third-order valence-electron chi connectivity index (χ3n) is 2.99. The maximum atomic E-state index is 11.0. The molecule has 0 aliphatic rings. The normalized spacial score (nSPS) is 12.1. The molecule has 110 valence electrons. The monoisotopic (exact) mass is 291 g/mol. The van der Waals surface area contributed by atoms with E-state index in [9.17, 15) is 20.2 Å². The van der Waals surface area contributed by atoms with E-state index in [1.807, 2.05) is 0 Å². The second kappa shape index (κ2) is 5.67. The Balaban J connectivity index is 2.34. The second-order valence-corrected chi connectivity index (χ2v) is 4.59. The summed E-state index contributed by atoms with van der Waals surface area (Å²) in [6.07, 6.45) is 3.28. The summed E-state index contributed by atoms with van der Waals surface area (Å²) in [6, 6.07) is 3.36. The van der Waals surface area contributed by atoms with Crippen molar-refractivity contribution in [1.82, 2.24) is 9.78 Å². The Bertz CT molecular complexity index is 695. The number of nitro benzene ring substituents is 2. The Labute approximate surface area is 119 Å². The lowest BCUT2D eigenvalue weighted by Gasteiger charge is -2.04. The van der Waals surface area contributed by atoms with Crippen LogP contribution in [-0.2, 0) is 6.54 Å². The van der Waals surface area contributed by atoms with Crippen molar-refractivity contribution < 1.29 is 9.85 Å². The summed E-state index contributed by atoms with van der Waals surface area (Å²) < 4.78 is 1.51. The van der Waals surface area contributed by atoms with Crippen molar-refractivity contribution in [3.05, 3.63) is 61.9 Å². The highest BCUT2D eigenvalue weighted by atomic mass is 16.6. The smallest absolute Gasteiger partial charge is 0.281 e. The quantitative estimate of drug-likeness (QED) is 0.659. The fourth-order valence-electron chi connectivity index (χ4n) is 1.85. The minimum absolute atomic E-state index is 0.140. The maximum Gasteiger partial charge on any atom is 0.281 e. The Kier molecular flexibility index (Phi) is 3.94. The zero-order valence-electron chi connectivity index (χ0n) is 11.2. The zero-order valence-corrected chi connectivity index (χ0v) is 11.2. The highest BCUT2D eigenvalue weighted by molar-refractivity contribution is 5.49. The molecule has 0 aliphatic heterocycles. The van der Waals surface area contributed by atoms with Gasteiger partial charge in [0.15, 0.2) is 0 Å². The van der Waals surface area contributed by atoms with Crippen LogP contribution in [0.3, 0.4) is 0 Å². The van der Waals surface area contributed by atoms with Crippen LogP contribution in [0.2, 0.25) is 0 Å². The molecule has 0 spiro atoms. The number of nitro groups is 2. The molecule has 1 aromatic heterocycles. The molecule has 0 saturated carbocycles. The molecule has 0 radical (unpaired) electrons. The fourth-order valence-corrected chi connectivity index (χ4v) is 1.85. The van der Waals surface area contributed by atoms with Crippen LogP contribution in [0.15, 0.2) is 30.6 Å². The highest BCUT2D eigenvalue weighted by Crippen LogP contribution is 2.25. The maximum absolute atomic E-state index is 11.0. The van der Waals surface area contributed by atoms with Crippen LogP contribution in [0.1, 0.15) is 24.1 Å². The summed E-state index contributed by atoms with van der Waals surface area (Å²) in [7, 11) is 0. The van der Waals surface area contributed by atoms with Gasteiger partial charge in [0.2, 0.25) is 0 Å². The van der Waals surface area contributed by atoms with Crippen molar-refractivity contribution in [1.29, 1.82) is 0 Å². The third kappa shape index (κ3) is 3.20. The van der Waals surface area contributed by atoms with Crippen LogP contribution in [0, 0.1) is 20.2 Å². The first kappa shape index (κ1) is 14.6. The van der Waals surface area contributed by atoms with Crippen LogP contribution in [0.25, 0.3) is 0 Å². The number of rotatable bonds is 5. The number of nitrogens with zero attached hydrogens (tertiary/aromatic N) is 4. The molecule has 0 amide bonds. The molecule has 2 rings (SSSR count). The van der Waals surface area contributed by atoms with Crippen molar-refractivity contribution in [2.24, 2.45) is 5.73 Å². The number of hydrogen-bond donors (Lipinski definition) is 1. The first-order chi connectivity index (χ1) is 9.88. The van der Waals surface area contributed by atoms with Crippen molar-refractivity contribution in [2.45, 2.75) is 19.5 Å². The van der Waals surface area contributed by atoms with Crippen LogP contribution in [0.5, 0.6) is 0 Å². The molecule has 1 heterocycles. The zero-order chi connectivity index (χ0) is 15.6. The number of aromatic nitrogens is 2. The van der Waals surface area contributed by atoms with E-state index >= 15 is 0 Å². The van der Waals surface area contributed by atoms with Crippen molar-refractivity contribution in [2.75, 3.05) is 0 Å². The minimum atomic E-state index is -0.668. The summed E-state index contributed by atoms with van der Waals surface area (Å²) in [5, 5.41) is 25.8. The number of non-ortho nitro benzene ring substituents is 1. The molecule has 2 N–H and O–H groups in total. The first-order valence-electron chi connectivity index (χ1n) is 6.08. The van der Waals surface area contributed by atoms with Crippen molar-refractivity contribution in [3.8, 4) is 0 Å². The highest BCUT2D eigenvalue weighted by Gasteiger charge is 2.19. The van der Waals surface area contributed by atoms with Crippen molar-refractivity contribution in [3.63, 3.8) is 0 Å². The van der Waals surface area contributed by atoms with E-state index in [0.717, 1.165) is 11.6 Å². The molecule has 0 saturated heterocycles. The van der Waals surface area contributed by atoms with E-state index in [-0.39, 0.29) is 24.0 Å². The molecule has 9 heteroatoms. The fraction of sp³-hybridized carbons (Fsp3) is 0.250. The van der Waals surface area contributed by atoms with Gasteiger partial charge in [-0.3, -0.25) is 24.9 Å². The second-order valence-electron chi connectivity index (χ2n) is 4.59. The summed E-state index contributed by atoms with van der Waals surface area (Å²) >= 11 is 0. The average Bonchev–Trinajstić information content (AvgIpc) is 2.87. The molecule has 9 nitrogen and oxygen atoms in total. The lowest BCUT2D eigenvalue weighted by Crippen LogP contribution is -2.05. The molecule has 1 aromatic carbocycles. The lowest BCUT2D eigenvalue weighted by atomic mass is 10.1. The Morgan fingerprint density at radius 1 is 1.33 bits per heavy atom. The van der Waals surface area contributed by atoms with E-state index in [0.29, 0.717) is 5.56 Å². The van der Waals surface area contributed by atoms with Gasteiger partial charge in [-0.05, 0) is 13.0 Å². The van der Waals surface area contributed by atoms with Crippen molar-refractivity contribution >= 4 is 11.4 Å².